The first-order valence-corrected chi connectivity index (χ1v) is 8.44. The largest absolute Gasteiger partial charge is 0.356 e. The molecule has 0 saturated heterocycles. The van der Waals surface area contributed by atoms with Crippen LogP contribution in [0.3, 0.4) is 0 Å². The van der Waals surface area contributed by atoms with Crippen LogP contribution in [0.25, 0.3) is 5.57 Å². The summed E-state index contributed by atoms with van der Waals surface area (Å²) in [6.07, 6.45) is 4.46. The van der Waals surface area contributed by atoms with Crippen LogP contribution in [-0.4, -0.2) is 15.7 Å². The van der Waals surface area contributed by atoms with E-state index in [1.807, 2.05) is 36.0 Å². The molecule has 0 bridgehead atoms. The number of allylic oxidation sites excluding steroid dienone is 1. The van der Waals surface area contributed by atoms with Gasteiger partial charge in [-0.15, -0.1) is 0 Å². The first-order valence-electron chi connectivity index (χ1n) is 7.65. The van der Waals surface area contributed by atoms with Crippen molar-refractivity contribution in [2.45, 2.75) is 33.2 Å². The van der Waals surface area contributed by atoms with Crippen LogP contribution in [0.1, 0.15) is 38.8 Å². The molecule has 120 valence electrons. The summed E-state index contributed by atoms with van der Waals surface area (Å²) < 4.78 is 2.84. The molecule has 0 atom stereocenters. The van der Waals surface area contributed by atoms with Gasteiger partial charge in [-0.1, -0.05) is 22.9 Å². The van der Waals surface area contributed by atoms with Crippen LogP contribution in [0, 0.1) is 0 Å². The molecule has 0 saturated carbocycles. The Hall–Kier alpha value is -2.08. The first-order chi connectivity index (χ1) is 11.0. The highest BCUT2D eigenvalue weighted by Gasteiger charge is 2.27. The molecule has 1 aromatic carbocycles. The van der Waals surface area contributed by atoms with Crippen molar-refractivity contribution in [2.75, 3.05) is 10.6 Å². The number of carbonyl (C=O) groups excluding carboxylic acids is 1. The molecule has 1 amide bonds. The standard InChI is InChI=1S/C17H19BrN4O/c1-4-14(20-12-8-19-22(9-12)10(2)3)16-13-7-11(18)5-6-15(13)21-17(16)23/h5-10,20H,4H2,1-3H3,(H,21,23)/b16-14-. The van der Waals surface area contributed by atoms with Crippen LogP contribution in [0.2, 0.25) is 0 Å². The maximum atomic E-state index is 12.4. The van der Waals surface area contributed by atoms with E-state index < -0.39 is 0 Å². The summed E-state index contributed by atoms with van der Waals surface area (Å²) in [6.45, 7) is 6.19. The van der Waals surface area contributed by atoms with Gasteiger partial charge in [-0.3, -0.25) is 9.48 Å². The average Bonchev–Trinajstić information content (AvgIpc) is 3.09. The topological polar surface area (TPSA) is 59.0 Å². The Morgan fingerprint density at radius 1 is 1.43 bits per heavy atom. The second-order valence-electron chi connectivity index (χ2n) is 5.78. The predicted octanol–water partition coefficient (Wildman–Crippen LogP) is 4.41. The number of rotatable bonds is 4. The Kier molecular flexibility index (Phi) is 4.26. The van der Waals surface area contributed by atoms with E-state index in [0.717, 1.165) is 33.5 Å². The van der Waals surface area contributed by atoms with Crippen molar-refractivity contribution in [3.8, 4) is 0 Å². The Balaban J connectivity index is 2.00. The van der Waals surface area contributed by atoms with E-state index in [1.54, 1.807) is 6.20 Å². The van der Waals surface area contributed by atoms with Crippen molar-refractivity contribution in [3.63, 3.8) is 0 Å². The lowest BCUT2D eigenvalue weighted by atomic mass is 10.0. The van der Waals surface area contributed by atoms with Crippen molar-refractivity contribution in [1.82, 2.24) is 9.78 Å². The van der Waals surface area contributed by atoms with Crippen LogP contribution in [0.5, 0.6) is 0 Å². The van der Waals surface area contributed by atoms with E-state index in [1.165, 1.54) is 0 Å². The van der Waals surface area contributed by atoms with Crippen LogP contribution < -0.4 is 10.6 Å². The number of halogens is 1. The summed E-state index contributed by atoms with van der Waals surface area (Å²) in [5, 5.41) is 10.6. The van der Waals surface area contributed by atoms with E-state index in [0.29, 0.717) is 11.6 Å². The molecule has 0 unspecified atom stereocenters. The lowest BCUT2D eigenvalue weighted by molar-refractivity contribution is -0.110. The van der Waals surface area contributed by atoms with E-state index >= 15 is 0 Å². The van der Waals surface area contributed by atoms with Crippen molar-refractivity contribution in [2.24, 2.45) is 0 Å². The summed E-state index contributed by atoms with van der Waals surface area (Å²) in [5.74, 6) is -0.0706. The molecule has 0 spiro atoms. The van der Waals surface area contributed by atoms with Gasteiger partial charge in [-0.25, -0.2) is 0 Å². The van der Waals surface area contributed by atoms with Crippen LogP contribution >= 0.6 is 15.9 Å². The van der Waals surface area contributed by atoms with Gasteiger partial charge >= 0.3 is 0 Å². The molecular weight excluding hydrogens is 356 g/mol. The van der Waals surface area contributed by atoms with Crippen LogP contribution in [0.15, 0.2) is 40.8 Å². The van der Waals surface area contributed by atoms with Gasteiger partial charge in [0.25, 0.3) is 5.91 Å². The number of amides is 1. The SMILES string of the molecule is CC/C(Nc1cnn(C(C)C)c1)=C1/C(=O)Nc2ccc(Br)cc21. The Morgan fingerprint density at radius 3 is 2.87 bits per heavy atom. The number of nitrogens with zero attached hydrogens (tertiary/aromatic N) is 2. The fraction of sp³-hybridized carbons (Fsp3) is 0.294. The van der Waals surface area contributed by atoms with Crippen molar-refractivity contribution < 1.29 is 4.79 Å². The number of nitrogens with one attached hydrogen (secondary N) is 2. The fourth-order valence-electron chi connectivity index (χ4n) is 2.63. The van der Waals surface area contributed by atoms with Gasteiger partial charge in [-0.05, 0) is 38.5 Å². The quantitative estimate of drug-likeness (QED) is 0.779. The Labute approximate surface area is 143 Å². The monoisotopic (exact) mass is 374 g/mol. The molecule has 23 heavy (non-hydrogen) atoms. The summed E-state index contributed by atoms with van der Waals surface area (Å²) in [5.41, 5.74) is 4.24. The second-order valence-corrected chi connectivity index (χ2v) is 6.69. The van der Waals surface area contributed by atoms with Crippen molar-refractivity contribution in [1.29, 1.82) is 0 Å². The normalized spacial score (nSPS) is 15.6. The Morgan fingerprint density at radius 2 is 2.22 bits per heavy atom. The number of carbonyl (C=O) groups is 1. The number of aromatic nitrogens is 2. The third-order valence-electron chi connectivity index (χ3n) is 3.81. The number of hydrogen-bond acceptors (Lipinski definition) is 3. The zero-order valence-electron chi connectivity index (χ0n) is 13.4. The molecule has 2 aromatic rings. The highest BCUT2D eigenvalue weighted by atomic mass is 79.9. The molecule has 3 rings (SSSR count). The minimum atomic E-state index is -0.0706. The van der Waals surface area contributed by atoms with Crippen LogP contribution in [-0.2, 0) is 4.79 Å². The minimum absolute atomic E-state index is 0.0706. The van der Waals surface area contributed by atoms with E-state index in [9.17, 15) is 4.79 Å². The van der Waals surface area contributed by atoms with Crippen molar-refractivity contribution >= 4 is 38.8 Å². The van der Waals surface area contributed by atoms with Gasteiger partial charge in [0, 0.05) is 33.7 Å². The molecule has 0 radical (unpaired) electrons. The van der Waals surface area contributed by atoms with E-state index in [2.05, 4.69) is 45.5 Å². The second kappa shape index (κ2) is 6.20. The molecule has 0 aliphatic carbocycles. The zero-order valence-corrected chi connectivity index (χ0v) is 14.9. The maximum absolute atomic E-state index is 12.4. The molecule has 5 nitrogen and oxygen atoms in total. The van der Waals surface area contributed by atoms with E-state index in [-0.39, 0.29) is 5.91 Å². The van der Waals surface area contributed by atoms with Gasteiger partial charge in [0.2, 0.25) is 0 Å². The molecule has 1 aliphatic rings. The highest BCUT2D eigenvalue weighted by molar-refractivity contribution is 9.10. The average molecular weight is 375 g/mol. The highest BCUT2D eigenvalue weighted by Crippen LogP contribution is 2.36. The van der Waals surface area contributed by atoms with Crippen molar-refractivity contribution in [3.05, 3.63) is 46.3 Å². The molecule has 0 fully saturated rings. The summed E-state index contributed by atoms with van der Waals surface area (Å²) in [7, 11) is 0. The molecule has 1 aromatic heterocycles. The number of fused-ring (bicyclic) bond motifs is 1. The number of benzene rings is 1. The fourth-order valence-corrected chi connectivity index (χ4v) is 2.99. The third-order valence-corrected chi connectivity index (χ3v) is 4.30. The summed E-state index contributed by atoms with van der Waals surface area (Å²) in [4.78, 5) is 12.4. The van der Waals surface area contributed by atoms with Gasteiger partial charge < -0.3 is 10.6 Å². The Bertz CT molecular complexity index is 792. The van der Waals surface area contributed by atoms with Gasteiger partial charge in [0.1, 0.15) is 0 Å². The number of hydrogen-bond donors (Lipinski definition) is 2. The molecule has 6 heteroatoms. The van der Waals surface area contributed by atoms with Crippen LogP contribution in [0.4, 0.5) is 11.4 Å². The lowest BCUT2D eigenvalue weighted by Crippen LogP contribution is -2.10. The van der Waals surface area contributed by atoms with Gasteiger partial charge in [0.15, 0.2) is 0 Å². The first kappa shape index (κ1) is 15.8. The number of anilines is 2. The molecule has 2 heterocycles. The predicted molar refractivity (Wildman–Crippen MR) is 96.2 cm³/mol. The smallest absolute Gasteiger partial charge is 0.258 e. The summed E-state index contributed by atoms with van der Waals surface area (Å²) in [6, 6.07) is 6.11. The molecular formula is C17H19BrN4O. The summed E-state index contributed by atoms with van der Waals surface area (Å²) >= 11 is 3.47. The maximum Gasteiger partial charge on any atom is 0.258 e. The lowest BCUT2D eigenvalue weighted by Gasteiger charge is -2.11. The van der Waals surface area contributed by atoms with Gasteiger partial charge in [0.05, 0.1) is 17.5 Å². The van der Waals surface area contributed by atoms with Gasteiger partial charge in [-0.2, -0.15) is 5.10 Å². The molecule has 2 N–H and O–H groups in total. The van der Waals surface area contributed by atoms with E-state index in [4.69, 9.17) is 0 Å². The zero-order chi connectivity index (χ0) is 16.6. The third kappa shape index (κ3) is 3.03. The molecule has 1 aliphatic heterocycles. The minimum Gasteiger partial charge on any atom is -0.356 e.